The number of ether oxygens (including phenoxy) is 1. The Morgan fingerprint density at radius 2 is 2.25 bits per heavy atom. The van der Waals surface area contributed by atoms with Crippen LogP contribution >= 0.6 is 0 Å². The maximum absolute atomic E-state index is 13.2. The third-order valence-electron chi connectivity index (χ3n) is 3.91. The Morgan fingerprint density at radius 3 is 3.05 bits per heavy atom. The first-order valence-corrected chi connectivity index (χ1v) is 6.84. The number of nitrogens with zero attached hydrogens (tertiary/aromatic N) is 3. The lowest BCUT2D eigenvalue weighted by atomic mass is 10.1. The van der Waals surface area contributed by atoms with Crippen molar-refractivity contribution in [1.29, 1.82) is 0 Å². The van der Waals surface area contributed by atoms with E-state index in [1.807, 2.05) is 4.68 Å². The van der Waals surface area contributed by atoms with Crippen LogP contribution in [0.1, 0.15) is 30.0 Å². The lowest BCUT2D eigenvalue weighted by molar-refractivity contribution is 0.200. The largest absolute Gasteiger partial charge is 0.488 e. The quantitative estimate of drug-likeness (QED) is 0.928. The van der Waals surface area contributed by atoms with Crippen LogP contribution in [0.25, 0.3) is 0 Å². The Labute approximate surface area is 115 Å². The molecule has 1 fully saturated rings. The molecule has 20 heavy (non-hydrogen) atoms. The molecule has 0 bridgehead atoms. The van der Waals surface area contributed by atoms with Gasteiger partial charge in [-0.1, -0.05) is 5.21 Å². The van der Waals surface area contributed by atoms with E-state index in [0.717, 1.165) is 29.8 Å². The van der Waals surface area contributed by atoms with Crippen LogP contribution in [-0.2, 0) is 13.0 Å². The minimum absolute atomic E-state index is 0.0367. The molecule has 0 amide bonds. The first-order valence-electron chi connectivity index (χ1n) is 6.84. The fraction of sp³-hybridized carbons (Fsp3) is 0.429. The fourth-order valence-corrected chi connectivity index (χ4v) is 2.83. The SMILES string of the molecule is Nc1nnn(CC2Cc3cc(F)ccc3O2)c1C1CC1. The van der Waals surface area contributed by atoms with Crippen LogP contribution in [0.3, 0.4) is 0 Å². The summed E-state index contributed by atoms with van der Waals surface area (Å²) in [5.41, 5.74) is 7.81. The second-order valence-electron chi connectivity index (χ2n) is 5.51. The van der Waals surface area contributed by atoms with Crippen LogP contribution < -0.4 is 10.5 Å². The molecule has 1 aliphatic heterocycles. The average Bonchev–Trinajstić information content (AvgIpc) is 3.07. The summed E-state index contributed by atoms with van der Waals surface area (Å²) in [5, 5.41) is 8.07. The van der Waals surface area contributed by atoms with E-state index in [0.29, 0.717) is 24.7 Å². The molecule has 104 valence electrons. The molecule has 1 unspecified atom stereocenters. The molecular formula is C14H15FN4O. The van der Waals surface area contributed by atoms with Crippen LogP contribution in [0, 0.1) is 5.82 Å². The number of anilines is 1. The number of aromatic nitrogens is 3. The van der Waals surface area contributed by atoms with Gasteiger partial charge < -0.3 is 10.5 Å². The number of hydrogen-bond acceptors (Lipinski definition) is 4. The second-order valence-corrected chi connectivity index (χ2v) is 5.51. The molecule has 5 nitrogen and oxygen atoms in total. The Bertz CT molecular complexity index is 665. The molecule has 1 saturated carbocycles. The van der Waals surface area contributed by atoms with Gasteiger partial charge in [0.1, 0.15) is 17.7 Å². The number of halogens is 1. The van der Waals surface area contributed by atoms with Gasteiger partial charge in [0.15, 0.2) is 5.82 Å². The maximum atomic E-state index is 13.2. The van der Waals surface area contributed by atoms with E-state index in [1.54, 1.807) is 6.07 Å². The summed E-state index contributed by atoms with van der Waals surface area (Å²) < 4.78 is 20.9. The van der Waals surface area contributed by atoms with E-state index in [4.69, 9.17) is 10.5 Å². The smallest absolute Gasteiger partial charge is 0.169 e. The van der Waals surface area contributed by atoms with Gasteiger partial charge in [0.2, 0.25) is 0 Å². The third-order valence-corrected chi connectivity index (χ3v) is 3.91. The van der Waals surface area contributed by atoms with E-state index in [9.17, 15) is 4.39 Å². The summed E-state index contributed by atoms with van der Waals surface area (Å²) in [7, 11) is 0. The highest BCUT2D eigenvalue weighted by atomic mass is 19.1. The molecule has 1 aromatic carbocycles. The monoisotopic (exact) mass is 274 g/mol. The van der Waals surface area contributed by atoms with Crippen molar-refractivity contribution in [1.82, 2.24) is 15.0 Å². The van der Waals surface area contributed by atoms with Crippen LogP contribution in [0.15, 0.2) is 18.2 Å². The van der Waals surface area contributed by atoms with Gasteiger partial charge in [0.25, 0.3) is 0 Å². The van der Waals surface area contributed by atoms with Gasteiger partial charge in [0, 0.05) is 17.9 Å². The summed E-state index contributed by atoms with van der Waals surface area (Å²) in [6.45, 7) is 0.604. The molecule has 2 aliphatic rings. The van der Waals surface area contributed by atoms with Gasteiger partial charge in [-0.25, -0.2) is 9.07 Å². The molecule has 1 aromatic heterocycles. The minimum atomic E-state index is -0.225. The van der Waals surface area contributed by atoms with Crippen molar-refractivity contribution in [2.75, 3.05) is 5.73 Å². The zero-order valence-corrected chi connectivity index (χ0v) is 10.9. The van der Waals surface area contributed by atoms with Gasteiger partial charge in [-0.15, -0.1) is 5.10 Å². The zero-order valence-electron chi connectivity index (χ0n) is 10.9. The molecule has 2 heterocycles. The summed E-state index contributed by atoms with van der Waals surface area (Å²) in [5.74, 6) is 1.55. The van der Waals surface area contributed by atoms with E-state index in [1.165, 1.54) is 12.1 Å². The summed E-state index contributed by atoms with van der Waals surface area (Å²) in [4.78, 5) is 0. The zero-order chi connectivity index (χ0) is 13.7. The fourth-order valence-electron chi connectivity index (χ4n) is 2.83. The van der Waals surface area contributed by atoms with Crippen molar-refractivity contribution < 1.29 is 9.13 Å². The van der Waals surface area contributed by atoms with E-state index < -0.39 is 0 Å². The van der Waals surface area contributed by atoms with Crippen molar-refractivity contribution in [3.8, 4) is 5.75 Å². The maximum Gasteiger partial charge on any atom is 0.169 e. The number of rotatable bonds is 3. The highest BCUT2D eigenvalue weighted by Crippen LogP contribution is 2.42. The van der Waals surface area contributed by atoms with Crippen LogP contribution in [0.4, 0.5) is 10.2 Å². The molecule has 1 aliphatic carbocycles. The molecule has 6 heteroatoms. The lowest BCUT2D eigenvalue weighted by Gasteiger charge is -2.12. The molecule has 4 rings (SSSR count). The average molecular weight is 274 g/mol. The summed E-state index contributed by atoms with van der Waals surface area (Å²) >= 11 is 0. The van der Waals surface area contributed by atoms with E-state index >= 15 is 0 Å². The Hall–Kier alpha value is -2.11. The van der Waals surface area contributed by atoms with Gasteiger partial charge in [-0.05, 0) is 31.0 Å². The first-order chi connectivity index (χ1) is 9.70. The number of benzene rings is 1. The molecule has 1 atom stereocenters. The molecule has 0 spiro atoms. The van der Waals surface area contributed by atoms with Crippen molar-refractivity contribution in [2.45, 2.75) is 37.8 Å². The summed E-state index contributed by atoms with van der Waals surface area (Å²) in [6.07, 6.45) is 2.95. The van der Waals surface area contributed by atoms with E-state index in [-0.39, 0.29) is 11.9 Å². The van der Waals surface area contributed by atoms with Crippen molar-refractivity contribution in [3.05, 3.63) is 35.3 Å². The van der Waals surface area contributed by atoms with Gasteiger partial charge in [-0.2, -0.15) is 0 Å². The molecule has 0 saturated heterocycles. The Kier molecular flexibility index (Phi) is 2.45. The van der Waals surface area contributed by atoms with Gasteiger partial charge in [0.05, 0.1) is 12.2 Å². The molecular weight excluding hydrogens is 259 g/mol. The molecule has 0 radical (unpaired) electrons. The Morgan fingerprint density at radius 1 is 1.40 bits per heavy atom. The lowest BCUT2D eigenvalue weighted by Crippen LogP contribution is -2.23. The van der Waals surface area contributed by atoms with Gasteiger partial charge >= 0.3 is 0 Å². The minimum Gasteiger partial charge on any atom is -0.488 e. The van der Waals surface area contributed by atoms with Crippen LogP contribution in [0.2, 0.25) is 0 Å². The molecule has 2 N–H and O–H groups in total. The predicted octanol–water partition coefficient (Wildman–Crippen LogP) is 1.88. The molecule has 2 aromatic rings. The third kappa shape index (κ3) is 1.92. The van der Waals surface area contributed by atoms with Crippen molar-refractivity contribution in [2.24, 2.45) is 0 Å². The topological polar surface area (TPSA) is 66.0 Å². The van der Waals surface area contributed by atoms with Crippen molar-refractivity contribution in [3.63, 3.8) is 0 Å². The Balaban J connectivity index is 1.54. The predicted molar refractivity (Wildman–Crippen MR) is 70.9 cm³/mol. The number of fused-ring (bicyclic) bond motifs is 1. The standard InChI is InChI=1S/C14H15FN4O/c15-10-3-4-12-9(5-10)6-11(20-12)7-19-13(8-1-2-8)14(16)17-18-19/h3-5,8,11H,1-2,6-7,16H2. The first kappa shape index (κ1) is 11.7. The number of hydrogen-bond donors (Lipinski definition) is 1. The number of nitrogen functional groups attached to an aromatic ring is 1. The van der Waals surface area contributed by atoms with Crippen LogP contribution in [-0.4, -0.2) is 21.1 Å². The van der Waals surface area contributed by atoms with Crippen molar-refractivity contribution >= 4 is 5.82 Å². The highest BCUT2D eigenvalue weighted by molar-refractivity contribution is 5.39. The normalized spacial score (nSPS) is 20.8. The second kappa shape index (κ2) is 4.19. The van der Waals surface area contributed by atoms with E-state index in [2.05, 4.69) is 10.3 Å². The number of nitrogens with two attached hydrogens (primary N) is 1. The summed E-state index contributed by atoms with van der Waals surface area (Å²) in [6, 6.07) is 4.64. The van der Waals surface area contributed by atoms with Gasteiger partial charge in [-0.3, -0.25) is 0 Å². The van der Waals surface area contributed by atoms with Crippen LogP contribution in [0.5, 0.6) is 5.75 Å². The highest BCUT2D eigenvalue weighted by Gasteiger charge is 2.32.